The van der Waals surface area contributed by atoms with E-state index in [-0.39, 0.29) is 18.2 Å². The van der Waals surface area contributed by atoms with Crippen LogP contribution in [0.4, 0.5) is 0 Å². The van der Waals surface area contributed by atoms with Gasteiger partial charge < -0.3 is 15.0 Å². The van der Waals surface area contributed by atoms with Crippen LogP contribution in [0.5, 0.6) is 0 Å². The highest BCUT2D eigenvalue weighted by atomic mass is 16.2. The lowest BCUT2D eigenvalue weighted by Gasteiger charge is -2.05. The Bertz CT molecular complexity index is 591. The number of pyridine rings is 1. The number of fused-ring (bicyclic) bond motifs is 1. The molecule has 2 amide bonds. The number of carbonyl (C=O) groups excluding carboxylic acids is 2. The summed E-state index contributed by atoms with van der Waals surface area (Å²) in [6.45, 7) is 2.15. The van der Waals surface area contributed by atoms with Crippen LogP contribution in [0, 0.1) is 0 Å². The van der Waals surface area contributed by atoms with Gasteiger partial charge in [-0.1, -0.05) is 6.07 Å². The first-order valence-electron chi connectivity index (χ1n) is 6.09. The Labute approximate surface area is 110 Å². The summed E-state index contributed by atoms with van der Waals surface area (Å²) in [6.07, 6.45) is 3.93. The second-order valence-electron chi connectivity index (χ2n) is 4.18. The van der Waals surface area contributed by atoms with Gasteiger partial charge in [0.1, 0.15) is 5.82 Å². The number of amides is 2. The van der Waals surface area contributed by atoms with Crippen molar-refractivity contribution in [3.05, 3.63) is 36.4 Å². The predicted molar refractivity (Wildman–Crippen MR) is 70.3 cm³/mol. The van der Waals surface area contributed by atoms with Crippen molar-refractivity contribution in [2.75, 3.05) is 6.54 Å². The van der Waals surface area contributed by atoms with E-state index < -0.39 is 0 Å². The number of hydrogen-bond acceptors (Lipinski definition) is 3. The van der Waals surface area contributed by atoms with Crippen molar-refractivity contribution in [1.82, 2.24) is 20.0 Å². The van der Waals surface area contributed by atoms with Crippen LogP contribution in [0.2, 0.25) is 0 Å². The number of carbonyl (C=O) groups is 2. The van der Waals surface area contributed by atoms with Crippen LogP contribution in [-0.2, 0) is 16.1 Å². The molecule has 0 unspecified atom stereocenters. The van der Waals surface area contributed by atoms with Crippen LogP contribution >= 0.6 is 0 Å². The standard InChI is InChI=1S/C13H16N4O2/c1-10(18)14-6-5-13(19)16-9-12-15-8-11-4-2-3-7-17(11)12/h2-4,7-8H,5-6,9H2,1H3,(H,14,18)(H,16,19). The molecule has 100 valence electrons. The van der Waals surface area contributed by atoms with Crippen LogP contribution in [0.25, 0.3) is 5.52 Å². The number of hydrogen-bond donors (Lipinski definition) is 2. The molecule has 2 N–H and O–H groups in total. The smallest absolute Gasteiger partial charge is 0.222 e. The normalized spacial score (nSPS) is 10.4. The summed E-state index contributed by atoms with van der Waals surface area (Å²) in [5, 5.41) is 5.36. The molecular weight excluding hydrogens is 244 g/mol. The lowest BCUT2D eigenvalue weighted by molar-refractivity contribution is -0.121. The van der Waals surface area contributed by atoms with Crippen molar-refractivity contribution >= 4 is 17.3 Å². The molecule has 2 aromatic rings. The second kappa shape index (κ2) is 5.99. The molecule has 0 spiro atoms. The first kappa shape index (κ1) is 13.1. The van der Waals surface area contributed by atoms with Crippen molar-refractivity contribution in [1.29, 1.82) is 0 Å². The third-order valence-corrected chi connectivity index (χ3v) is 2.69. The van der Waals surface area contributed by atoms with Gasteiger partial charge in [0.05, 0.1) is 18.3 Å². The van der Waals surface area contributed by atoms with Gasteiger partial charge in [0, 0.05) is 26.1 Å². The van der Waals surface area contributed by atoms with Gasteiger partial charge >= 0.3 is 0 Å². The molecule has 0 aliphatic carbocycles. The predicted octanol–water partition coefficient (Wildman–Crippen LogP) is 0.477. The molecule has 2 heterocycles. The Morgan fingerprint density at radius 2 is 2.16 bits per heavy atom. The fraction of sp³-hybridized carbons (Fsp3) is 0.308. The minimum atomic E-state index is -0.132. The molecule has 2 rings (SSSR count). The topological polar surface area (TPSA) is 75.5 Å². The molecule has 2 aromatic heterocycles. The average molecular weight is 260 g/mol. The molecule has 6 nitrogen and oxygen atoms in total. The van der Waals surface area contributed by atoms with E-state index in [0.29, 0.717) is 13.1 Å². The van der Waals surface area contributed by atoms with Gasteiger partial charge in [-0.25, -0.2) is 4.98 Å². The molecule has 0 aliphatic rings. The van der Waals surface area contributed by atoms with Crippen molar-refractivity contribution in [2.24, 2.45) is 0 Å². The summed E-state index contributed by atoms with van der Waals surface area (Å²) in [5.41, 5.74) is 0.991. The zero-order chi connectivity index (χ0) is 13.7. The Morgan fingerprint density at radius 3 is 2.95 bits per heavy atom. The fourth-order valence-electron chi connectivity index (χ4n) is 1.75. The van der Waals surface area contributed by atoms with Crippen LogP contribution < -0.4 is 10.6 Å². The van der Waals surface area contributed by atoms with E-state index in [4.69, 9.17) is 0 Å². The number of aromatic nitrogens is 2. The van der Waals surface area contributed by atoms with Gasteiger partial charge in [-0.15, -0.1) is 0 Å². The summed E-state index contributed by atoms with van der Waals surface area (Å²) in [7, 11) is 0. The van der Waals surface area contributed by atoms with E-state index in [0.717, 1.165) is 11.3 Å². The molecule has 19 heavy (non-hydrogen) atoms. The Kier molecular flexibility index (Phi) is 4.12. The van der Waals surface area contributed by atoms with Crippen LogP contribution in [-0.4, -0.2) is 27.7 Å². The highest BCUT2D eigenvalue weighted by molar-refractivity contribution is 5.77. The highest BCUT2D eigenvalue weighted by Crippen LogP contribution is 2.05. The molecule has 6 heteroatoms. The third kappa shape index (κ3) is 3.54. The summed E-state index contributed by atoms with van der Waals surface area (Å²) in [5.74, 6) is 0.539. The van der Waals surface area contributed by atoms with Gasteiger partial charge in [0.2, 0.25) is 11.8 Å². The van der Waals surface area contributed by atoms with Gasteiger partial charge in [-0.3, -0.25) is 9.59 Å². The first-order chi connectivity index (χ1) is 9.16. The van der Waals surface area contributed by atoms with Crippen LogP contribution in [0.1, 0.15) is 19.2 Å². The van der Waals surface area contributed by atoms with E-state index in [9.17, 15) is 9.59 Å². The molecule has 0 atom stereocenters. The largest absolute Gasteiger partial charge is 0.356 e. The van der Waals surface area contributed by atoms with E-state index in [1.807, 2.05) is 28.8 Å². The molecular formula is C13H16N4O2. The summed E-state index contributed by atoms with van der Waals surface area (Å²) < 4.78 is 1.92. The van der Waals surface area contributed by atoms with E-state index in [2.05, 4.69) is 15.6 Å². The molecule has 0 bridgehead atoms. The monoisotopic (exact) mass is 260 g/mol. The minimum Gasteiger partial charge on any atom is -0.356 e. The maximum absolute atomic E-state index is 11.6. The number of imidazole rings is 1. The quantitative estimate of drug-likeness (QED) is 0.821. The van der Waals surface area contributed by atoms with Crippen molar-refractivity contribution in [2.45, 2.75) is 19.9 Å². The van der Waals surface area contributed by atoms with Crippen molar-refractivity contribution < 1.29 is 9.59 Å². The number of rotatable bonds is 5. The molecule has 0 fully saturated rings. The number of nitrogens with one attached hydrogen (secondary N) is 2. The van der Waals surface area contributed by atoms with Gasteiger partial charge in [-0.05, 0) is 12.1 Å². The Hall–Kier alpha value is -2.37. The van der Waals surface area contributed by atoms with Gasteiger partial charge in [0.15, 0.2) is 0 Å². The van der Waals surface area contributed by atoms with Gasteiger partial charge in [-0.2, -0.15) is 0 Å². The molecule has 0 saturated carbocycles. The first-order valence-corrected chi connectivity index (χ1v) is 6.09. The summed E-state index contributed by atoms with van der Waals surface area (Å²) >= 11 is 0. The van der Waals surface area contributed by atoms with E-state index in [1.54, 1.807) is 6.20 Å². The van der Waals surface area contributed by atoms with E-state index in [1.165, 1.54) is 6.92 Å². The fourth-order valence-corrected chi connectivity index (χ4v) is 1.75. The SMILES string of the molecule is CC(=O)NCCC(=O)NCc1ncc2ccccn12. The zero-order valence-electron chi connectivity index (χ0n) is 10.7. The maximum atomic E-state index is 11.6. The summed E-state index contributed by atoms with van der Waals surface area (Å²) in [4.78, 5) is 26.5. The van der Waals surface area contributed by atoms with Crippen molar-refractivity contribution in [3.8, 4) is 0 Å². The molecule has 0 radical (unpaired) electrons. The summed E-state index contributed by atoms with van der Waals surface area (Å²) in [6, 6.07) is 5.80. The minimum absolute atomic E-state index is 0.110. The third-order valence-electron chi connectivity index (χ3n) is 2.69. The molecule has 0 aliphatic heterocycles. The van der Waals surface area contributed by atoms with E-state index >= 15 is 0 Å². The van der Waals surface area contributed by atoms with Crippen molar-refractivity contribution in [3.63, 3.8) is 0 Å². The lowest BCUT2D eigenvalue weighted by atomic mass is 10.4. The van der Waals surface area contributed by atoms with Crippen LogP contribution in [0.3, 0.4) is 0 Å². The highest BCUT2D eigenvalue weighted by Gasteiger charge is 2.05. The van der Waals surface area contributed by atoms with Gasteiger partial charge in [0.25, 0.3) is 0 Å². The average Bonchev–Trinajstić information content (AvgIpc) is 2.79. The molecule has 0 saturated heterocycles. The Balaban J connectivity index is 1.85. The number of nitrogens with zero attached hydrogens (tertiary/aromatic N) is 2. The second-order valence-corrected chi connectivity index (χ2v) is 4.18. The maximum Gasteiger partial charge on any atom is 0.222 e. The Morgan fingerprint density at radius 1 is 1.32 bits per heavy atom. The van der Waals surface area contributed by atoms with Crippen LogP contribution in [0.15, 0.2) is 30.6 Å². The lowest BCUT2D eigenvalue weighted by Crippen LogP contribution is -2.29. The zero-order valence-corrected chi connectivity index (χ0v) is 10.7. The molecule has 0 aromatic carbocycles.